The molecular weight excluding hydrogens is 241 g/mol. The minimum Gasteiger partial charge on any atom is -0.464 e. The minimum atomic E-state index is -4.95. The number of rotatable bonds is 2. The zero-order valence-corrected chi connectivity index (χ0v) is 8.41. The normalized spacial score (nSPS) is 10.5. The van der Waals surface area contributed by atoms with E-state index in [-0.39, 0.29) is 5.56 Å². The van der Waals surface area contributed by atoms with E-state index >= 15 is 0 Å². The van der Waals surface area contributed by atoms with Crippen LogP contribution >= 0.6 is 0 Å². The lowest BCUT2D eigenvalue weighted by atomic mass is 10.2. The van der Waals surface area contributed by atoms with Gasteiger partial charge in [0.1, 0.15) is 0 Å². The van der Waals surface area contributed by atoms with Gasteiger partial charge in [0.05, 0.1) is 18.7 Å². The number of esters is 1. The van der Waals surface area contributed by atoms with Gasteiger partial charge in [-0.2, -0.15) is 5.26 Å². The molecule has 0 bridgehead atoms. The minimum absolute atomic E-state index is 0.195. The lowest BCUT2D eigenvalue weighted by molar-refractivity contribution is -0.276. The molecule has 8 heteroatoms. The van der Waals surface area contributed by atoms with Crippen LogP contribution in [0.15, 0.2) is 12.1 Å². The number of carbonyl (C=O) groups excluding carboxylic acids is 1. The van der Waals surface area contributed by atoms with Gasteiger partial charge in [-0.05, 0) is 6.07 Å². The maximum Gasteiger partial charge on any atom is 0.574 e. The van der Waals surface area contributed by atoms with E-state index in [1.54, 1.807) is 6.07 Å². The Kier molecular flexibility index (Phi) is 3.52. The average molecular weight is 246 g/mol. The Bertz CT molecular complexity index is 479. The fourth-order valence-corrected chi connectivity index (χ4v) is 0.950. The van der Waals surface area contributed by atoms with E-state index in [4.69, 9.17) is 5.26 Å². The van der Waals surface area contributed by atoms with Crippen LogP contribution in [0.1, 0.15) is 16.1 Å². The van der Waals surface area contributed by atoms with Crippen molar-refractivity contribution in [2.75, 3.05) is 7.11 Å². The van der Waals surface area contributed by atoms with Crippen LogP contribution < -0.4 is 4.74 Å². The molecule has 1 aromatic rings. The monoisotopic (exact) mass is 246 g/mol. The van der Waals surface area contributed by atoms with E-state index in [1.807, 2.05) is 0 Å². The maximum absolute atomic E-state index is 11.9. The zero-order valence-electron chi connectivity index (χ0n) is 8.41. The fraction of sp³-hybridized carbons (Fsp3) is 0.222. The molecule has 0 saturated heterocycles. The van der Waals surface area contributed by atoms with Crippen molar-refractivity contribution >= 4 is 5.97 Å². The number of carbonyl (C=O) groups is 1. The number of pyridine rings is 1. The van der Waals surface area contributed by atoms with Crippen LogP contribution in [0.4, 0.5) is 13.2 Å². The van der Waals surface area contributed by atoms with Gasteiger partial charge in [0.15, 0.2) is 5.69 Å². The Morgan fingerprint density at radius 3 is 2.59 bits per heavy atom. The Labute approximate surface area is 93.4 Å². The Balaban J connectivity index is 3.15. The number of halogens is 3. The second-order valence-corrected chi connectivity index (χ2v) is 2.73. The lowest BCUT2D eigenvalue weighted by Gasteiger charge is -2.08. The summed E-state index contributed by atoms with van der Waals surface area (Å²) in [7, 11) is 1.04. The summed E-state index contributed by atoms with van der Waals surface area (Å²) in [4.78, 5) is 14.3. The van der Waals surface area contributed by atoms with Crippen molar-refractivity contribution in [3.05, 3.63) is 23.4 Å². The first-order chi connectivity index (χ1) is 7.85. The molecule has 0 amide bonds. The van der Waals surface area contributed by atoms with Crippen LogP contribution in [0.2, 0.25) is 0 Å². The van der Waals surface area contributed by atoms with Gasteiger partial charge in [-0.3, -0.25) is 0 Å². The largest absolute Gasteiger partial charge is 0.574 e. The van der Waals surface area contributed by atoms with Gasteiger partial charge in [-0.15, -0.1) is 13.2 Å². The fourth-order valence-electron chi connectivity index (χ4n) is 0.950. The molecule has 0 fully saturated rings. The van der Waals surface area contributed by atoms with E-state index in [2.05, 4.69) is 14.5 Å². The first kappa shape index (κ1) is 12.8. The standard InChI is InChI=1S/C9H5F3N2O3/c1-16-8(15)6-2-5(4-13)3-7(14-6)17-9(10,11)12/h2-3H,1H3. The molecule has 17 heavy (non-hydrogen) atoms. The molecule has 1 rings (SSSR count). The summed E-state index contributed by atoms with van der Waals surface area (Å²) in [6.07, 6.45) is -4.95. The number of nitriles is 1. The molecule has 1 aromatic heterocycles. The van der Waals surface area contributed by atoms with Crippen LogP contribution in [0, 0.1) is 11.3 Å². The van der Waals surface area contributed by atoms with Gasteiger partial charge in [-0.1, -0.05) is 0 Å². The summed E-state index contributed by atoms with van der Waals surface area (Å²) in [5.74, 6) is -1.86. The predicted octanol–water partition coefficient (Wildman–Crippen LogP) is 1.64. The molecule has 90 valence electrons. The van der Waals surface area contributed by atoms with Gasteiger partial charge in [-0.25, -0.2) is 9.78 Å². The van der Waals surface area contributed by atoms with E-state index in [1.165, 1.54) is 0 Å². The highest BCUT2D eigenvalue weighted by Gasteiger charge is 2.32. The highest BCUT2D eigenvalue weighted by Crippen LogP contribution is 2.22. The molecule has 0 spiro atoms. The molecule has 0 atom stereocenters. The third-order valence-corrected chi connectivity index (χ3v) is 1.55. The van der Waals surface area contributed by atoms with Gasteiger partial charge < -0.3 is 9.47 Å². The van der Waals surface area contributed by atoms with Gasteiger partial charge in [0.2, 0.25) is 5.88 Å². The summed E-state index contributed by atoms with van der Waals surface area (Å²) in [6, 6.07) is 3.34. The average Bonchev–Trinajstić information content (AvgIpc) is 2.25. The summed E-state index contributed by atoms with van der Waals surface area (Å²) < 4.78 is 43.6. The summed E-state index contributed by atoms with van der Waals surface area (Å²) in [6.45, 7) is 0. The van der Waals surface area contributed by atoms with Crippen molar-refractivity contribution in [1.82, 2.24) is 4.98 Å². The van der Waals surface area contributed by atoms with Crippen molar-refractivity contribution in [2.45, 2.75) is 6.36 Å². The van der Waals surface area contributed by atoms with E-state index < -0.39 is 23.9 Å². The molecule has 1 heterocycles. The molecule has 0 aliphatic heterocycles. The second-order valence-electron chi connectivity index (χ2n) is 2.73. The van der Waals surface area contributed by atoms with Gasteiger partial charge >= 0.3 is 12.3 Å². The number of alkyl halides is 3. The topological polar surface area (TPSA) is 72.2 Å². The second kappa shape index (κ2) is 4.69. The summed E-state index contributed by atoms with van der Waals surface area (Å²) in [5.41, 5.74) is -0.634. The summed E-state index contributed by atoms with van der Waals surface area (Å²) >= 11 is 0. The molecule has 0 N–H and O–H groups in total. The number of nitrogens with zero attached hydrogens (tertiary/aromatic N) is 2. The van der Waals surface area contributed by atoms with Gasteiger partial charge in [0.25, 0.3) is 0 Å². The van der Waals surface area contributed by atoms with Crippen LogP contribution in [0.3, 0.4) is 0 Å². The first-order valence-corrected chi connectivity index (χ1v) is 4.12. The zero-order chi connectivity index (χ0) is 13.1. The molecule has 0 unspecified atom stereocenters. The maximum atomic E-state index is 11.9. The van der Waals surface area contributed by atoms with E-state index in [0.717, 1.165) is 19.2 Å². The van der Waals surface area contributed by atoms with Crippen LogP contribution in [-0.2, 0) is 4.74 Å². The van der Waals surface area contributed by atoms with Crippen LogP contribution in [0.25, 0.3) is 0 Å². The van der Waals surface area contributed by atoms with Crippen molar-refractivity contribution in [2.24, 2.45) is 0 Å². The van der Waals surface area contributed by atoms with E-state index in [9.17, 15) is 18.0 Å². The lowest BCUT2D eigenvalue weighted by Crippen LogP contribution is -2.19. The van der Waals surface area contributed by atoms with Crippen molar-refractivity contribution in [3.8, 4) is 11.9 Å². The third-order valence-electron chi connectivity index (χ3n) is 1.55. The number of aromatic nitrogens is 1. The molecule has 0 aliphatic carbocycles. The van der Waals surface area contributed by atoms with Crippen molar-refractivity contribution < 1.29 is 27.4 Å². The molecule has 0 saturated carbocycles. The van der Waals surface area contributed by atoms with Gasteiger partial charge in [0, 0.05) is 6.07 Å². The van der Waals surface area contributed by atoms with E-state index in [0.29, 0.717) is 0 Å². The van der Waals surface area contributed by atoms with Crippen molar-refractivity contribution in [3.63, 3.8) is 0 Å². The number of hydrogen-bond acceptors (Lipinski definition) is 5. The highest BCUT2D eigenvalue weighted by atomic mass is 19.4. The molecule has 0 aliphatic rings. The summed E-state index contributed by atoms with van der Waals surface area (Å²) in [5, 5.41) is 8.57. The van der Waals surface area contributed by atoms with Crippen molar-refractivity contribution in [1.29, 1.82) is 5.26 Å². The van der Waals surface area contributed by atoms with Crippen LogP contribution in [0.5, 0.6) is 5.88 Å². The predicted molar refractivity (Wildman–Crippen MR) is 47.0 cm³/mol. The molecule has 0 radical (unpaired) electrons. The molecule has 5 nitrogen and oxygen atoms in total. The Hall–Kier alpha value is -2.30. The smallest absolute Gasteiger partial charge is 0.464 e. The van der Waals surface area contributed by atoms with Crippen LogP contribution in [-0.4, -0.2) is 24.4 Å². The Morgan fingerprint density at radius 2 is 2.12 bits per heavy atom. The SMILES string of the molecule is COC(=O)c1cc(C#N)cc(OC(F)(F)F)n1. The Morgan fingerprint density at radius 1 is 1.47 bits per heavy atom. The highest BCUT2D eigenvalue weighted by molar-refractivity contribution is 5.87. The first-order valence-electron chi connectivity index (χ1n) is 4.12. The quantitative estimate of drug-likeness (QED) is 0.741. The molecule has 0 aromatic carbocycles. The number of hydrogen-bond donors (Lipinski definition) is 0. The number of ether oxygens (including phenoxy) is 2. The number of methoxy groups -OCH3 is 1. The third kappa shape index (κ3) is 3.64. The molecular formula is C9H5F3N2O3.